The van der Waals surface area contributed by atoms with E-state index in [0.717, 1.165) is 24.2 Å². The van der Waals surface area contributed by atoms with Gasteiger partial charge in [-0.1, -0.05) is 6.07 Å². The van der Waals surface area contributed by atoms with E-state index in [1.54, 1.807) is 35.7 Å². The summed E-state index contributed by atoms with van der Waals surface area (Å²) < 4.78 is 29.0. The van der Waals surface area contributed by atoms with Gasteiger partial charge in [-0.25, -0.2) is 18.1 Å². The molecular formula is C17H17N5O4S2. The lowest BCUT2D eigenvalue weighted by molar-refractivity contribution is 0.0843. The second-order valence-corrected chi connectivity index (χ2v) is 8.99. The fourth-order valence-electron chi connectivity index (χ4n) is 2.78. The van der Waals surface area contributed by atoms with E-state index in [1.165, 1.54) is 11.4 Å². The molecular weight excluding hydrogens is 402 g/mol. The maximum Gasteiger partial charge on any atom is 0.288 e. The molecule has 3 N–H and O–H groups in total. The van der Waals surface area contributed by atoms with Gasteiger partial charge in [0.25, 0.3) is 11.8 Å². The van der Waals surface area contributed by atoms with Crippen LogP contribution in [-0.4, -0.2) is 35.7 Å². The number of sulfonamides is 1. The number of hydrogen-bond acceptors (Lipinski definition) is 6. The van der Waals surface area contributed by atoms with E-state index in [-0.39, 0.29) is 21.5 Å². The maximum absolute atomic E-state index is 12.5. The number of thiophene rings is 1. The van der Waals surface area contributed by atoms with Crippen molar-refractivity contribution in [3.8, 4) is 0 Å². The molecule has 0 unspecified atom stereocenters. The Balaban J connectivity index is 1.50. The molecule has 4 rings (SSSR count). The Labute approximate surface area is 164 Å². The van der Waals surface area contributed by atoms with Crippen molar-refractivity contribution >= 4 is 38.8 Å². The monoisotopic (exact) mass is 419 g/mol. The van der Waals surface area contributed by atoms with E-state index in [1.807, 2.05) is 0 Å². The molecule has 0 spiro atoms. The quantitative estimate of drug-likeness (QED) is 0.537. The van der Waals surface area contributed by atoms with Crippen LogP contribution in [0.5, 0.6) is 0 Å². The highest BCUT2D eigenvalue weighted by molar-refractivity contribution is 7.89. The average molecular weight is 419 g/mol. The van der Waals surface area contributed by atoms with Crippen molar-refractivity contribution in [1.29, 1.82) is 0 Å². The van der Waals surface area contributed by atoms with E-state index in [4.69, 9.17) is 0 Å². The number of aryl methyl sites for hydroxylation is 1. The summed E-state index contributed by atoms with van der Waals surface area (Å²) in [6.07, 6.45) is 3.28. The van der Waals surface area contributed by atoms with Gasteiger partial charge in [-0.2, -0.15) is 0 Å². The highest BCUT2D eigenvalue weighted by Crippen LogP contribution is 2.26. The van der Waals surface area contributed by atoms with Crippen molar-refractivity contribution in [1.82, 2.24) is 25.0 Å². The number of hydrogen-bond donors (Lipinski definition) is 3. The Kier molecular flexibility index (Phi) is 4.65. The summed E-state index contributed by atoms with van der Waals surface area (Å²) in [5.74, 6) is -1.26. The number of carbonyl (C=O) groups is 2. The Morgan fingerprint density at radius 1 is 1.18 bits per heavy atom. The van der Waals surface area contributed by atoms with Crippen LogP contribution < -0.4 is 15.6 Å². The molecule has 0 radical (unpaired) electrons. The molecule has 1 saturated carbocycles. The molecule has 11 heteroatoms. The molecule has 3 aromatic heterocycles. The van der Waals surface area contributed by atoms with Gasteiger partial charge in [0.2, 0.25) is 10.0 Å². The minimum Gasteiger partial charge on any atom is -0.295 e. The summed E-state index contributed by atoms with van der Waals surface area (Å²) in [5, 5.41) is 1.52. The summed E-state index contributed by atoms with van der Waals surface area (Å²) in [4.78, 5) is 29.2. The molecule has 2 amide bonds. The predicted molar refractivity (Wildman–Crippen MR) is 103 cm³/mol. The van der Waals surface area contributed by atoms with Crippen LogP contribution in [0.4, 0.5) is 0 Å². The maximum atomic E-state index is 12.5. The van der Waals surface area contributed by atoms with Gasteiger partial charge >= 0.3 is 0 Å². The Hall–Kier alpha value is -2.76. The molecule has 0 aliphatic heterocycles. The number of pyridine rings is 1. The lowest BCUT2D eigenvalue weighted by atomic mass is 10.3. The van der Waals surface area contributed by atoms with E-state index in [0.29, 0.717) is 11.3 Å². The number of aromatic nitrogens is 2. The molecule has 1 aliphatic rings. The minimum absolute atomic E-state index is 0.00307. The van der Waals surface area contributed by atoms with Gasteiger partial charge in [0.15, 0.2) is 0 Å². The molecule has 3 aromatic rings. The Morgan fingerprint density at radius 2 is 1.93 bits per heavy atom. The van der Waals surface area contributed by atoms with Gasteiger partial charge in [-0.3, -0.25) is 24.8 Å². The predicted octanol–water partition coefficient (Wildman–Crippen LogP) is 1.22. The topological polar surface area (TPSA) is 122 Å². The van der Waals surface area contributed by atoms with E-state index in [2.05, 4.69) is 20.6 Å². The zero-order valence-corrected chi connectivity index (χ0v) is 16.4. The van der Waals surface area contributed by atoms with Crippen LogP contribution in [0.3, 0.4) is 0 Å². The largest absolute Gasteiger partial charge is 0.295 e. The second kappa shape index (κ2) is 7.00. The summed E-state index contributed by atoms with van der Waals surface area (Å²) in [6.45, 7) is 1.69. The highest BCUT2D eigenvalue weighted by Gasteiger charge is 2.31. The van der Waals surface area contributed by atoms with Crippen LogP contribution in [0, 0.1) is 6.92 Å². The zero-order valence-electron chi connectivity index (χ0n) is 14.8. The second-order valence-electron chi connectivity index (χ2n) is 6.39. The summed E-state index contributed by atoms with van der Waals surface area (Å²) >= 11 is 0.987. The van der Waals surface area contributed by atoms with E-state index >= 15 is 0 Å². The number of nitrogens with zero attached hydrogens (tertiary/aromatic N) is 2. The van der Waals surface area contributed by atoms with Crippen LogP contribution >= 0.6 is 11.3 Å². The number of nitrogens with one attached hydrogen (secondary N) is 3. The normalized spacial score (nSPS) is 14.2. The number of imidazole rings is 1. The standard InChI is InChI=1S/C17H17N5O4S2/c1-10-14(22-8-3-2-4-13(22)18-10)16(23)19-20-17(24)15-12(7-9-27-15)28(25,26)21-11-5-6-11/h2-4,7-9,11,21H,5-6H2,1H3,(H,19,23)(H,20,24). The van der Waals surface area contributed by atoms with Gasteiger partial charge in [0.05, 0.1) is 5.69 Å². The molecule has 1 aliphatic carbocycles. The van der Waals surface area contributed by atoms with Gasteiger partial charge in [0, 0.05) is 12.2 Å². The Bertz CT molecular complexity index is 1180. The van der Waals surface area contributed by atoms with Crippen LogP contribution in [-0.2, 0) is 10.0 Å². The number of fused-ring (bicyclic) bond motifs is 1. The zero-order chi connectivity index (χ0) is 19.9. The summed E-state index contributed by atoms with van der Waals surface area (Å²) in [6, 6.07) is 6.64. The van der Waals surface area contributed by atoms with Crippen molar-refractivity contribution in [2.75, 3.05) is 0 Å². The third kappa shape index (κ3) is 3.51. The van der Waals surface area contributed by atoms with Gasteiger partial charge in [0.1, 0.15) is 21.1 Å². The number of amides is 2. The van der Waals surface area contributed by atoms with Crippen molar-refractivity contribution in [2.45, 2.75) is 30.7 Å². The molecule has 0 saturated heterocycles. The first-order valence-corrected chi connectivity index (χ1v) is 10.9. The van der Waals surface area contributed by atoms with Crippen LogP contribution in [0.1, 0.15) is 38.7 Å². The fraction of sp³-hybridized carbons (Fsp3) is 0.235. The van der Waals surface area contributed by atoms with Crippen LogP contribution in [0.25, 0.3) is 5.65 Å². The first kappa shape index (κ1) is 18.6. The molecule has 28 heavy (non-hydrogen) atoms. The Morgan fingerprint density at radius 3 is 2.68 bits per heavy atom. The average Bonchev–Trinajstić information content (AvgIpc) is 3.19. The lowest BCUT2D eigenvalue weighted by Gasteiger charge is -2.09. The molecule has 9 nitrogen and oxygen atoms in total. The smallest absolute Gasteiger partial charge is 0.288 e. The van der Waals surface area contributed by atoms with Crippen molar-refractivity contribution in [3.63, 3.8) is 0 Å². The van der Waals surface area contributed by atoms with Crippen LogP contribution in [0.15, 0.2) is 40.7 Å². The number of rotatable bonds is 5. The van der Waals surface area contributed by atoms with Gasteiger partial charge in [-0.05, 0) is 43.3 Å². The molecule has 3 heterocycles. The third-order valence-corrected chi connectivity index (χ3v) is 6.84. The van der Waals surface area contributed by atoms with Crippen molar-refractivity contribution in [2.24, 2.45) is 0 Å². The highest BCUT2D eigenvalue weighted by atomic mass is 32.2. The third-order valence-electron chi connectivity index (χ3n) is 4.23. The fourth-order valence-corrected chi connectivity index (χ4v) is 5.40. The lowest BCUT2D eigenvalue weighted by Crippen LogP contribution is -2.42. The molecule has 0 atom stereocenters. The first-order chi connectivity index (χ1) is 13.4. The molecule has 0 bridgehead atoms. The van der Waals surface area contributed by atoms with Crippen molar-refractivity contribution < 1.29 is 18.0 Å². The first-order valence-electron chi connectivity index (χ1n) is 8.51. The van der Waals surface area contributed by atoms with Gasteiger partial charge < -0.3 is 0 Å². The number of hydrazine groups is 1. The van der Waals surface area contributed by atoms with Crippen LogP contribution in [0.2, 0.25) is 0 Å². The number of carbonyl (C=O) groups excluding carboxylic acids is 2. The van der Waals surface area contributed by atoms with Gasteiger partial charge in [-0.15, -0.1) is 11.3 Å². The molecule has 0 aromatic carbocycles. The summed E-state index contributed by atoms with van der Waals surface area (Å²) in [5.41, 5.74) is 6.01. The summed E-state index contributed by atoms with van der Waals surface area (Å²) in [7, 11) is -3.77. The van der Waals surface area contributed by atoms with Crippen molar-refractivity contribution in [3.05, 3.63) is 52.1 Å². The van der Waals surface area contributed by atoms with E-state index in [9.17, 15) is 18.0 Å². The SMILES string of the molecule is Cc1nc2ccccn2c1C(=O)NNC(=O)c1sccc1S(=O)(=O)NC1CC1. The molecule has 146 valence electrons. The van der Waals surface area contributed by atoms with E-state index < -0.39 is 21.8 Å². The molecule has 1 fully saturated rings. The minimum atomic E-state index is -3.77.